The Morgan fingerprint density at radius 3 is 1.25 bits per heavy atom. The predicted molar refractivity (Wildman–Crippen MR) is 422 cm³/mol. The number of pyridine rings is 4. The molecular weight excluding hydrogens is 1280 g/mol. The molecule has 0 unspecified atom stereocenters. The van der Waals surface area contributed by atoms with E-state index in [1.165, 1.54) is 33.5 Å². The van der Waals surface area contributed by atoms with Gasteiger partial charge in [0.05, 0.1) is 31.9 Å². The van der Waals surface area contributed by atoms with Crippen molar-refractivity contribution < 1.29 is 35.9 Å². The first-order valence-electron chi connectivity index (χ1n) is 35.3. The molecule has 8 heterocycles. The maximum atomic E-state index is 7.85. The number of benzene rings is 8. The van der Waals surface area contributed by atoms with Gasteiger partial charge in [-0.05, 0) is 169 Å². The van der Waals surface area contributed by atoms with Crippen LogP contribution in [-0.2, 0) is 28.2 Å². The average Bonchev–Trinajstić information content (AvgIpc) is 1.61. The van der Waals surface area contributed by atoms with Crippen LogP contribution >= 0.6 is 0 Å². The van der Waals surface area contributed by atoms with Gasteiger partial charge in [0.2, 0.25) is 28.5 Å². The maximum Gasteiger partial charge on any atom is 0.243 e. The van der Waals surface area contributed by atoms with Crippen molar-refractivity contribution in [2.45, 2.75) is 107 Å². The molecule has 0 N–H and O–H groups in total. The minimum atomic E-state index is 0.232. The number of aryl methyl sites for hydroxylation is 8. The SMILES string of the molecule is [C-]#[N+]c1c(-c2cccc[n+]2C)c(C)cc2c1oc1c(C(C)C)cccc12.[C-]#[N+]c1cc(C(C)C)c2oc3cc(C)c(-c4cccc[n+]4C)cc3c2c1.[C-]#[N+]c1ccc(C(C)C)c2oc3cc(C)c(-c4cccc[n+]4C)cc3c12.[C-]#[N+]c1ccc2c(oc3cc(C)c(-c4cccc[n+]4C)cc32)c1C(C)C. The molecule has 0 amide bonds. The van der Waals surface area contributed by atoms with Crippen molar-refractivity contribution in [2.24, 2.45) is 28.2 Å². The third-order valence-corrected chi connectivity index (χ3v) is 20.1. The van der Waals surface area contributed by atoms with Crippen molar-refractivity contribution in [3.63, 3.8) is 0 Å². The third kappa shape index (κ3) is 12.6. The summed E-state index contributed by atoms with van der Waals surface area (Å²) in [7, 11) is 8.17. The number of fused-ring (bicyclic) bond motifs is 12. The summed E-state index contributed by atoms with van der Waals surface area (Å²) in [6.07, 6.45) is 8.17. The molecule has 0 atom stereocenters. The molecular formula is C92H84N8O4+4. The fourth-order valence-corrected chi connectivity index (χ4v) is 14.7. The quantitative estimate of drug-likeness (QED) is 0.112. The van der Waals surface area contributed by atoms with Crippen LogP contribution in [0.15, 0.2) is 212 Å². The largest absolute Gasteiger partial charge is 0.467 e. The molecule has 16 rings (SSSR count). The highest BCUT2D eigenvalue weighted by Crippen LogP contribution is 2.47. The number of furan rings is 4. The Morgan fingerprint density at radius 1 is 0.317 bits per heavy atom. The molecule has 12 heteroatoms. The first-order chi connectivity index (χ1) is 50.0. The summed E-state index contributed by atoms with van der Waals surface area (Å²) in [5, 5.41) is 8.32. The molecule has 104 heavy (non-hydrogen) atoms. The summed E-state index contributed by atoms with van der Waals surface area (Å²) >= 11 is 0. The highest BCUT2D eigenvalue weighted by Gasteiger charge is 2.27. The first kappa shape index (κ1) is 70.0. The van der Waals surface area contributed by atoms with Gasteiger partial charge in [-0.2, -0.15) is 0 Å². The van der Waals surface area contributed by atoms with Gasteiger partial charge >= 0.3 is 0 Å². The molecule has 0 spiro atoms. The van der Waals surface area contributed by atoms with Gasteiger partial charge in [0, 0.05) is 114 Å². The summed E-state index contributed by atoms with van der Waals surface area (Å²) in [5.41, 5.74) is 27.4. The minimum absolute atomic E-state index is 0.232. The van der Waals surface area contributed by atoms with Crippen molar-refractivity contribution in [2.75, 3.05) is 0 Å². The summed E-state index contributed by atoms with van der Waals surface area (Å²) in [4.78, 5) is 15.0. The van der Waals surface area contributed by atoms with Crippen molar-refractivity contribution in [3.05, 3.63) is 285 Å². The standard InChI is InChI=1S/4C23H21N2O/c1-14(2)16-9-8-10-17-18-13-15(3)20(19-11-6-7-12-25(19)5)21(24-4)23(18)26-22(16)17;1-14(2)22-19(24-4)10-9-16-18-13-17(20-8-6-7-11-25(20)5)15(3)12-21(18)26-23(16)22;1-14(2)16-9-10-19(24-4)22-18-13-17(20-8-6-7-11-25(20)5)15(3)12-21(18)26-23(16)22;1-14(2)17-11-16(24-4)12-20-19-13-18(21-8-6-7-9-25(21)5)15(3)10-22(19)26-23(17)20/h4*6-14H,1-3,5H3/q4*+1. The van der Waals surface area contributed by atoms with Crippen molar-refractivity contribution in [1.82, 2.24) is 0 Å². The van der Waals surface area contributed by atoms with Gasteiger partial charge < -0.3 is 17.7 Å². The Morgan fingerprint density at radius 2 is 0.760 bits per heavy atom. The normalized spacial score (nSPS) is 11.4. The van der Waals surface area contributed by atoms with Crippen LogP contribution in [0.4, 0.5) is 22.7 Å². The number of para-hydroxylation sites is 1. The lowest BCUT2D eigenvalue weighted by atomic mass is 9.96. The molecule has 0 saturated carbocycles. The van der Waals surface area contributed by atoms with E-state index < -0.39 is 0 Å². The fraction of sp³-hybridized carbons (Fsp3) is 0.217. The second-order valence-corrected chi connectivity index (χ2v) is 28.4. The van der Waals surface area contributed by atoms with E-state index in [1.807, 2.05) is 110 Å². The van der Waals surface area contributed by atoms with E-state index in [2.05, 4.69) is 234 Å². The van der Waals surface area contributed by atoms with Crippen LogP contribution in [0.5, 0.6) is 0 Å². The molecule has 0 saturated heterocycles. The van der Waals surface area contributed by atoms with Crippen LogP contribution in [0.2, 0.25) is 0 Å². The molecule has 0 aliphatic carbocycles. The van der Waals surface area contributed by atoms with Crippen molar-refractivity contribution in [3.8, 4) is 45.0 Å². The van der Waals surface area contributed by atoms with Gasteiger partial charge in [0.15, 0.2) is 41.8 Å². The Bertz CT molecular complexity index is 6290. The minimum Gasteiger partial charge on any atom is -0.467 e. The number of hydrogen-bond donors (Lipinski definition) is 0. The number of nitrogens with zero attached hydrogens (tertiary/aromatic N) is 8. The van der Waals surface area contributed by atoms with Crippen LogP contribution in [0.1, 0.15) is 124 Å². The van der Waals surface area contributed by atoms with E-state index in [0.717, 1.165) is 138 Å². The Hall–Kier alpha value is -12.5. The van der Waals surface area contributed by atoms with Crippen molar-refractivity contribution >= 4 is 111 Å². The van der Waals surface area contributed by atoms with Crippen LogP contribution in [-0.4, -0.2) is 0 Å². The van der Waals surface area contributed by atoms with Gasteiger partial charge in [-0.3, -0.25) is 0 Å². The van der Waals surface area contributed by atoms with E-state index >= 15 is 0 Å². The second kappa shape index (κ2) is 28.5. The lowest BCUT2D eigenvalue weighted by Crippen LogP contribution is -2.30. The average molecular weight is 1370 g/mol. The molecule has 0 fully saturated rings. The Labute approximate surface area is 607 Å². The summed E-state index contributed by atoms with van der Waals surface area (Å²) in [6.45, 7) is 55.9. The lowest BCUT2D eigenvalue weighted by molar-refractivity contribution is -0.660. The third-order valence-electron chi connectivity index (χ3n) is 20.1. The predicted octanol–water partition coefficient (Wildman–Crippen LogP) is 24.2. The van der Waals surface area contributed by atoms with Gasteiger partial charge in [0.1, 0.15) is 72.9 Å². The van der Waals surface area contributed by atoms with E-state index in [9.17, 15) is 0 Å². The number of rotatable bonds is 8. The highest BCUT2D eigenvalue weighted by molar-refractivity contribution is 6.15. The number of hydrogen-bond acceptors (Lipinski definition) is 4. The molecule has 0 aliphatic heterocycles. The monoisotopic (exact) mass is 1360 g/mol. The van der Waals surface area contributed by atoms with E-state index in [1.54, 1.807) is 0 Å². The summed E-state index contributed by atoms with van der Waals surface area (Å²) in [5.74, 6) is 1.23. The Balaban J connectivity index is 0.000000123. The highest BCUT2D eigenvalue weighted by atomic mass is 16.3. The van der Waals surface area contributed by atoms with E-state index in [0.29, 0.717) is 46.1 Å². The zero-order valence-corrected chi connectivity index (χ0v) is 62.0. The zero-order chi connectivity index (χ0) is 73.7. The second-order valence-electron chi connectivity index (χ2n) is 28.4. The topological polar surface area (TPSA) is 85.5 Å². The molecule has 0 aliphatic rings. The fourth-order valence-electron chi connectivity index (χ4n) is 14.7. The molecule has 512 valence electrons. The Kier molecular flexibility index (Phi) is 19.2. The van der Waals surface area contributed by atoms with Gasteiger partial charge in [-0.1, -0.05) is 97.9 Å². The lowest BCUT2D eigenvalue weighted by Gasteiger charge is -2.08. The zero-order valence-electron chi connectivity index (χ0n) is 62.0. The van der Waals surface area contributed by atoms with Gasteiger partial charge in [-0.15, -0.1) is 0 Å². The maximum absolute atomic E-state index is 7.85. The molecule has 0 radical (unpaired) electrons. The van der Waals surface area contributed by atoms with Gasteiger partial charge in [-0.25, -0.2) is 37.6 Å². The van der Waals surface area contributed by atoms with E-state index in [-0.39, 0.29) is 5.92 Å². The first-order valence-corrected chi connectivity index (χ1v) is 35.3. The summed E-state index contributed by atoms with van der Waals surface area (Å²) in [6, 6.07) is 57.8. The van der Waals surface area contributed by atoms with Gasteiger partial charge in [0.25, 0.3) is 0 Å². The molecule has 0 bridgehead atoms. The molecule has 12 nitrogen and oxygen atoms in total. The van der Waals surface area contributed by atoms with E-state index in [4.69, 9.17) is 44.0 Å². The molecule has 16 aromatic rings. The smallest absolute Gasteiger partial charge is 0.243 e. The van der Waals surface area contributed by atoms with Crippen molar-refractivity contribution in [1.29, 1.82) is 0 Å². The van der Waals surface area contributed by atoms with Crippen LogP contribution in [0.3, 0.4) is 0 Å². The summed E-state index contributed by atoms with van der Waals surface area (Å²) < 4.78 is 33.4. The molecule has 8 aromatic carbocycles. The van der Waals surface area contributed by atoms with Crippen LogP contribution in [0, 0.1) is 54.0 Å². The van der Waals surface area contributed by atoms with Crippen LogP contribution in [0.25, 0.3) is 152 Å². The number of aromatic nitrogens is 4. The molecule has 8 aromatic heterocycles. The van der Waals surface area contributed by atoms with Crippen LogP contribution < -0.4 is 18.3 Å².